The van der Waals surface area contributed by atoms with Crippen molar-refractivity contribution in [3.63, 3.8) is 0 Å². The fourth-order valence-electron chi connectivity index (χ4n) is 1.68. The van der Waals surface area contributed by atoms with E-state index < -0.39 is 24.4 Å². The van der Waals surface area contributed by atoms with Gasteiger partial charge in [-0.3, -0.25) is 5.32 Å². The number of anilines is 1. The molecule has 9 heteroatoms. The highest BCUT2D eigenvalue weighted by atomic mass is 32.1. The van der Waals surface area contributed by atoms with Crippen molar-refractivity contribution >= 4 is 35.6 Å². The number of carbonyl (C=O) groups is 1. The van der Waals surface area contributed by atoms with Gasteiger partial charge in [-0.25, -0.2) is 14.2 Å². The summed E-state index contributed by atoms with van der Waals surface area (Å²) in [4.78, 5) is 15.7. The molecule has 0 aliphatic rings. The third-order valence-corrected chi connectivity index (χ3v) is 3.45. The summed E-state index contributed by atoms with van der Waals surface area (Å²) in [6.45, 7) is 6.05. The lowest BCUT2D eigenvalue weighted by Gasteiger charge is -2.19. The van der Waals surface area contributed by atoms with E-state index in [0.29, 0.717) is 5.59 Å². The molecule has 2 aromatic rings. The Morgan fingerprint density at radius 1 is 1.42 bits per heavy atom. The van der Waals surface area contributed by atoms with Crippen molar-refractivity contribution in [1.29, 1.82) is 0 Å². The first-order valence-electron chi connectivity index (χ1n) is 7.25. The highest BCUT2D eigenvalue weighted by Gasteiger charge is 2.18. The van der Waals surface area contributed by atoms with Gasteiger partial charge in [-0.2, -0.15) is 0 Å². The zero-order valence-corrected chi connectivity index (χ0v) is 14.6. The number of rotatable bonds is 4. The van der Waals surface area contributed by atoms with Gasteiger partial charge in [-0.05, 0) is 32.9 Å². The number of thiazole rings is 1. The van der Waals surface area contributed by atoms with Crippen LogP contribution in [0.25, 0.3) is 0 Å². The van der Waals surface area contributed by atoms with Crippen LogP contribution in [0, 0.1) is 5.82 Å². The molecule has 0 unspecified atom stereocenters. The molecule has 0 radical (unpaired) electrons. The lowest BCUT2D eigenvalue weighted by Crippen LogP contribution is -2.27. The van der Waals surface area contributed by atoms with Crippen molar-refractivity contribution in [2.24, 2.45) is 0 Å². The molecule has 1 aromatic heterocycles. The zero-order chi connectivity index (χ0) is 17.9. The minimum Gasteiger partial charge on any atom is -0.446 e. The first kappa shape index (κ1) is 18.2. The summed E-state index contributed by atoms with van der Waals surface area (Å²) >= 11 is 1.19. The van der Waals surface area contributed by atoms with Gasteiger partial charge >= 0.3 is 13.0 Å². The summed E-state index contributed by atoms with van der Waals surface area (Å²) in [5, 5.41) is 13.7. The number of nitrogens with one attached hydrogen (secondary N) is 1. The van der Waals surface area contributed by atoms with Crippen molar-refractivity contribution in [2.45, 2.75) is 33.2 Å². The van der Waals surface area contributed by atoms with Gasteiger partial charge in [0.05, 0.1) is 11.3 Å². The Kier molecular flexibility index (Phi) is 5.45. The third-order valence-electron chi connectivity index (χ3n) is 2.71. The van der Waals surface area contributed by atoms with Crippen molar-refractivity contribution in [2.75, 3.05) is 5.32 Å². The van der Waals surface area contributed by atoms with Crippen molar-refractivity contribution in [3.8, 4) is 10.9 Å². The second kappa shape index (κ2) is 7.19. The van der Waals surface area contributed by atoms with E-state index in [1.807, 2.05) is 0 Å². The van der Waals surface area contributed by atoms with Crippen LogP contribution >= 0.6 is 11.3 Å². The average Bonchev–Trinajstić information content (AvgIpc) is 2.88. The van der Waals surface area contributed by atoms with Crippen LogP contribution in [-0.4, -0.2) is 28.6 Å². The molecule has 2 rings (SSSR count). The Balaban J connectivity index is 2.04. The van der Waals surface area contributed by atoms with Crippen LogP contribution in [-0.2, 0) is 4.74 Å². The lowest BCUT2D eigenvalue weighted by molar-refractivity contribution is 0.0635. The summed E-state index contributed by atoms with van der Waals surface area (Å²) in [6, 6.07) is 4.01. The van der Waals surface area contributed by atoms with E-state index in [0.717, 1.165) is 6.07 Å². The van der Waals surface area contributed by atoms with E-state index in [2.05, 4.69) is 10.3 Å². The van der Waals surface area contributed by atoms with E-state index >= 15 is 0 Å². The maximum Gasteiger partial charge on any atom is 0.412 e. The average molecular weight is 352 g/mol. The highest BCUT2D eigenvalue weighted by molar-refractivity contribution is 7.12. The molecular weight excluding hydrogens is 334 g/mol. The van der Waals surface area contributed by atoms with Crippen LogP contribution < -0.4 is 15.6 Å². The Bertz CT molecular complexity index is 731. The maximum absolute atomic E-state index is 14.1. The minimum atomic E-state index is -0.739. The van der Waals surface area contributed by atoms with Crippen LogP contribution in [0.2, 0.25) is 6.82 Å². The van der Waals surface area contributed by atoms with Crippen molar-refractivity contribution in [1.82, 2.24) is 4.98 Å². The smallest absolute Gasteiger partial charge is 0.412 e. The number of ether oxygens (including phenoxy) is 2. The van der Waals surface area contributed by atoms with Crippen LogP contribution in [0.1, 0.15) is 20.8 Å². The molecule has 1 heterocycles. The molecule has 24 heavy (non-hydrogen) atoms. The monoisotopic (exact) mass is 352 g/mol. The van der Waals surface area contributed by atoms with Gasteiger partial charge in [0.1, 0.15) is 11.4 Å². The summed E-state index contributed by atoms with van der Waals surface area (Å²) in [7, 11) is 0. The van der Waals surface area contributed by atoms with Gasteiger partial charge in [0, 0.05) is 11.4 Å². The maximum atomic E-state index is 14.1. The minimum absolute atomic E-state index is 0.0135. The van der Waals surface area contributed by atoms with Gasteiger partial charge in [0.2, 0.25) is 0 Å². The first-order valence-corrected chi connectivity index (χ1v) is 8.13. The van der Waals surface area contributed by atoms with Gasteiger partial charge in [-0.1, -0.05) is 18.2 Å². The summed E-state index contributed by atoms with van der Waals surface area (Å²) < 4.78 is 24.6. The van der Waals surface area contributed by atoms with Gasteiger partial charge in [-0.15, -0.1) is 0 Å². The van der Waals surface area contributed by atoms with Crippen LogP contribution in [0.5, 0.6) is 10.9 Å². The molecule has 0 saturated heterocycles. The Morgan fingerprint density at radius 2 is 2.12 bits per heavy atom. The normalized spacial score (nSPS) is 11.1. The van der Waals surface area contributed by atoms with E-state index in [-0.39, 0.29) is 16.6 Å². The first-order chi connectivity index (χ1) is 11.1. The quantitative estimate of drug-likeness (QED) is 0.826. The summed E-state index contributed by atoms with van der Waals surface area (Å²) in [6.07, 6.45) is -0.739. The van der Waals surface area contributed by atoms with Crippen LogP contribution in [0.4, 0.5) is 14.9 Å². The second-order valence-corrected chi connectivity index (χ2v) is 6.91. The standard InChI is InChI=1S/C15H18BFN2O4S/c1-15(2,3)23-13(20)18-11-6-5-9(7-10(11)17)22-14-19-12(8-24-14)16(4)21/h5-8,21H,1-4H3,(H,18,20). The van der Waals surface area contributed by atoms with Gasteiger partial charge in [0.15, 0.2) is 5.82 Å². The molecule has 0 atom stereocenters. The predicted octanol–water partition coefficient (Wildman–Crippen LogP) is 3.24. The van der Waals surface area contributed by atoms with Crippen molar-refractivity contribution < 1.29 is 23.7 Å². The molecule has 2 N–H and O–H groups in total. The van der Waals surface area contributed by atoms with E-state index in [1.54, 1.807) is 33.0 Å². The second-order valence-electron chi connectivity index (χ2n) is 6.08. The molecule has 0 saturated carbocycles. The number of amides is 1. The molecular formula is C15H18BFN2O4S. The van der Waals surface area contributed by atoms with Gasteiger partial charge in [0.25, 0.3) is 5.19 Å². The number of hydrogen-bond acceptors (Lipinski definition) is 6. The Morgan fingerprint density at radius 3 is 2.67 bits per heavy atom. The highest BCUT2D eigenvalue weighted by Crippen LogP contribution is 2.26. The molecule has 0 spiro atoms. The summed E-state index contributed by atoms with van der Waals surface area (Å²) in [5.41, 5.74) is -0.199. The third kappa shape index (κ3) is 5.21. The molecule has 6 nitrogen and oxygen atoms in total. The number of nitrogens with zero attached hydrogens (tertiary/aromatic N) is 1. The number of aromatic nitrogens is 1. The number of halogens is 1. The number of benzene rings is 1. The van der Waals surface area contributed by atoms with E-state index in [1.165, 1.54) is 23.5 Å². The molecule has 1 amide bonds. The predicted molar refractivity (Wildman–Crippen MR) is 91.9 cm³/mol. The number of hydrogen-bond donors (Lipinski definition) is 2. The van der Waals surface area contributed by atoms with E-state index in [9.17, 15) is 14.2 Å². The fourth-order valence-corrected chi connectivity index (χ4v) is 2.46. The van der Waals surface area contributed by atoms with E-state index in [4.69, 9.17) is 9.47 Å². The topological polar surface area (TPSA) is 80.7 Å². The molecule has 0 aliphatic carbocycles. The van der Waals surface area contributed by atoms with Crippen molar-refractivity contribution in [3.05, 3.63) is 29.4 Å². The largest absolute Gasteiger partial charge is 0.446 e. The fraction of sp³-hybridized carbons (Fsp3) is 0.333. The number of carbonyl (C=O) groups excluding carboxylic acids is 1. The van der Waals surface area contributed by atoms with Crippen LogP contribution in [0.15, 0.2) is 23.6 Å². The molecule has 0 bridgehead atoms. The SMILES string of the molecule is CB(O)c1csc(Oc2ccc(NC(=O)OC(C)(C)C)c(F)c2)n1. The van der Waals surface area contributed by atoms with Gasteiger partial charge < -0.3 is 14.5 Å². The molecule has 0 fully saturated rings. The molecule has 1 aromatic carbocycles. The molecule has 128 valence electrons. The van der Waals surface area contributed by atoms with Crippen LogP contribution in [0.3, 0.4) is 0 Å². The lowest BCUT2D eigenvalue weighted by atomic mass is 9.69. The summed E-state index contributed by atoms with van der Waals surface area (Å²) in [5.74, 6) is -0.431. The zero-order valence-electron chi connectivity index (χ0n) is 13.8. The Hall–Kier alpha value is -2.13. The Labute approximate surface area is 143 Å². The molecule has 0 aliphatic heterocycles.